The number of aryl methyl sites for hydroxylation is 1. The van der Waals surface area contributed by atoms with E-state index < -0.39 is 0 Å². The SMILES string of the molecule is Cc1ccc(SC(C)C(N)=O)nc1. The van der Waals surface area contributed by atoms with Gasteiger partial charge < -0.3 is 5.73 Å². The fourth-order valence-corrected chi connectivity index (χ4v) is 1.50. The fourth-order valence-electron chi connectivity index (χ4n) is 0.763. The number of thioether (sulfide) groups is 1. The monoisotopic (exact) mass is 196 g/mol. The molecule has 0 aliphatic rings. The summed E-state index contributed by atoms with van der Waals surface area (Å²) in [6, 6.07) is 3.85. The lowest BCUT2D eigenvalue weighted by atomic mass is 10.3. The Bertz CT molecular complexity index is 297. The Morgan fingerprint density at radius 2 is 2.31 bits per heavy atom. The third-order valence-corrected chi connectivity index (χ3v) is 2.65. The van der Waals surface area contributed by atoms with Crippen molar-refractivity contribution in [3.8, 4) is 0 Å². The zero-order valence-corrected chi connectivity index (χ0v) is 8.47. The van der Waals surface area contributed by atoms with Gasteiger partial charge in [-0.15, -0.1) is 0 Å². The Kier molecular flexibility index (Phi) is 3.31. The number of aromatic nitrogens is 1. The summed E-state index contributed by atoms with van der Waals surface area (Å²) in [4.78, 5) is 14.9. The van der Waals surface area contributed by atoms with Crippen LogP contribution in [0.2, 0.25) is 0 Å². The lowest BCUT2D eigenvalue weighted by Crippen LogP contribution is -2.22. The highest BCUT2D eigenvalue weighted by molar-refractivity contribution is 8.00. The number of carbonyl (C=O) groups is 1. The highest BCUT2D eigenvalue weighted by atomic mass is 32.2. The maximum absolute atomic E-state index is 10.7. The van der Waals surface area contributed by atoms with Gasteiger partial charge in [-0.1, -0.05) is 17.8 Å². The van der Waals surface area contributed by atoms with Crippen LogP contribution in [0, 0.1) is 6.92 Å². The maximum atomic E-state index is 10.7. The quantitative estimate of drug-likeness (QED) is 0.742. The van der Waals surface area contributed by atoms with Crippen molar-refractivity contribution in [2.75, 3.05) is 0 Å². The zero-order chi connectivity index (χ0) is 9.84. The molecule has 0 saturated carbocycles. The number of rotatable bonds is 3. The minimum atomic E-state index is -0.313. The first kappa shape index (κ1) is 10.1. The molecule has 0 aliphatic heterocycles. The van der Waals surface area contributed by atoms with E-state index >= 15 is 0 Å². The minimum Gasteiger partial charge on any atom is -0.369 e. The Labute approximate surface area is 81.7 Å². The molecule has 0 bridgehead atoms. The van der Waals surface area contributed by atoms with Gasteiger partial charge in [0.2, 0.25) is 5.91 Å². The summed E-state index contributed by atoms with van der Waals surface area (Å²) < 4.78 is 0. The van der Waals surface area contributed by atoms with Crippen LogP contribution in [0.5, 0.6) is 0 Å². The molecular formula is C9H12N2OS. The van der Waals surface area contributed by atoms with Crippen molar-refractivity contribution in [1.29, 1.82) is 0 Å². The summed E-state index contributed by atoms with van der Waals surface area (Å²) >= 11 is 1.37. The first-order valence-corrected chi connectivity index (χ1v) is 4.86. The summed E-state index contributed by atoms with van der Waals surface area (Å²) in [6.45, 7) is 3.74. The molecule has 1 unspecified atom stereocenters. The van der Waals surface area contributed by atoms with Crippen molar-refractivity contribution in [3.63, 3.8) is 0 Å². The van der Waals surface area contributed by atoms with E-state index in [1.807, 2.05) is 19.1 Å². The van der Waals surface area contributed by atoms with E-state index in [4.69, 9.17) is 5.73 Å². The Morgan fingerprint density at radius 1 is 1.62 bits per heavy atom. The lowest BCUT2D eigenvalue weighted by molar-refractivity contribution is -0.117. The first-order valence-electron chi connectivity index (χ1n) is 3.98. The van der Waals surface area contributed by atoms with E-state index in [0.717, 1.165) is 10.6 Å². The molecule has 1 heterocycles. The number of pyridine rings is 1. The molecule has 0 radical (unpaired) electrons. The summed E-state index contributed by atoms with van der Waals surface area (Å²) in [5.41, 5.74) is 6.23. The second-order valence-corrected chi connectivity index (χ2v) is 4.20. The van der Waals surface area contributed by atoms with Crippen LogP contribution in [0.1, 0.15) is 12.5 Å². The van der Waals surface area contributed by atoms with Gasteiger partial charge in [0, 0.05) is 6.20 Å². The molecule has 0 spiro atoms. The van der Waals surface area contributed by atoms with Crippen molar-refractivity contribution in [1.82, 2.24) is 4.98 Å². The highest BCUT2D eigenvalue weighted by Gasteiger charge is 2.10. The molecule has 1 atom stereocenters. The van der Waals surface area contributed by atoms with Gasteiger partial charge in [0.25, 0.3) is 0 Å². The molecule has 0 saturated heterocycles. The van der Waals surface area contributed by atoms with Crippen molar-refractivity contribution < 1.29 is 4.79 Å². The number of primary amides is 1. The molecule has 2 N–H and O–H groups in total. The topological polar surface area (TPSA) is 56.0 Å². The van der Waals surface area contributed by atoms with Crippen LogP contribution in [-0.2, 0) is 4.79 Å². The van der Waals surface area contributed by atoms with Gasteiger partial charge in [-0.05, 0) is 25.5 Å². The van der Waals surface area contributed by atoms with Gasteiger partial charge in [0.1, 0.15) is 0 Å². The predicted octanol–water partition coefficient (Wildman–Crippen LogP) is 1.36. The van der Waals surface area contributed by atoms with Crippen LogP contribution in [0.25, 0.3) is 0 Å². The average Bonchev–Trinajstić information content (AvgIpc) is 2.08. The number of hydrogen-bond donors (Lipinski definition) is 1. The van der Waals surface area contributed by atoms with Gasteiger partial charge >= 0.3 is 0 Å². The number of nitrogens with zero attached hydrogens (tertiary/aromatic N) is 1. The fraction of sp³-hybridized carbons (Fsp3) is 0.333. The van der Waals surface area contributed by atoms with Crippen LogP contribution in [-0.4, -0.2) is 16.1 Å². The largest absolute Gasteiger partial charge is 0.369 e. The second-order valence-electron chi connectivity index (χ2n) is 2.84. The van der Waals surface area contributed by atoms with Gasteiger partial charge in [0.15, 0.2) is 0 Å². The van der Waals surface area contributed by atoms with Crippen LogP contribution >= 0.6 is 11.8 Å². The Hall–Kier alpha value is -1.03. The zero-order valence-electron chi connectivity index (χ0n) is 7.65. The van der Waals surface area contributed by atoms with Gasteiger partial charge in [-0.3, -0.25) is 4.79 Å². The van der Waals surface area contributed by atoms with E-state index in [-0.39, 0.29) is 11.2 Å². The van der Waals surface area contributed by atoms with Gasteiger partial charge in [-0.25, -0.2) is 4.98 Å². The van der Waals surface area contributed by atoms with E-state index in [0.29, 0.717) is 0 Å². The van der Waals surface area contributed by atoms with Crippen molar-refractivity contribution in [2.24, 2.45) is 5.73 Å². The van der Waals surface area contributed by atoms with Crippen LogP contribution in [0.15, 0.2) is 23.4 Å². The highest BCUT2D eigenvalue weighted by Crippen LogP contribution is 2.20. The molecule has 70 valence electrons. The van der Waals surface area contributed by atoms with Gasteiger partial charge in [-0.2, -0.15) is 0 Å². The number of amides is 1. The molecule has 4 heteroatoms. The van der Waals surface area contributed by atoms with Gasteiger partial charge in [0.05, 0.1) is 10.3 Å². The third-order valence-electron chi connectivity index (χ3n) is 1.58. The molecule has 3 nitrogen and oxygen atoms in total. The molecule has 0 aromatic carbocycles. The Balaban J connectivity index is 2.64. The number of hydrogen-bond acceptors (Lipinski definition) is 3. The molecule has 1 rings (SSSR count). The maximum Gasteiger partial charge on any atom is 0.230 e. The summed E-state index contributed by atoms with van der Waals surface area (Å²) in [7, 11) is 0. The summed E-state index contributed by atoms with van der Waals surface area (Å²) in [5.74, 6) is -0.313. The first-order chi connectivity index (χ1) is 6.09. The molecule has 1 amide bonds. The second kappa shape index (κ2) is 4.28. The van der Waals surface area contributed by atoms with Crippen molar-refractivity contribution >= 4 is 17.7 Å². The van der Waals surface area contributed by atoms with Crippen LogP contribution in [0.3, 0.4) is 0 Å². The van der Waals surface area contributed by atoms with Crippen molar-refractivity contribution in [2.45, 2.75) is 24.1 Å². The predicted molar refractivity (Wildman–Crippen MR) is 53.5 cm³/mol. The summed E-state index contributed by atoms with van der Waals surface area (Å²) in [5, 5.41) is 0.604. The molecular weight excluding hydrogens is 184 g/mol. The average molecular weight is 196 g/mol. The molecule has 1 aromatic heterocycles. The van der Waals surface area contributed by atoms with Crippen LogP contribution < -0.4 is 5.73 Å². The van der Waals surface area contributed by atoms with Crippen LogP contribution in [0.4, 0.5) is 0 Å². The molecule has 0 fully saturated rings. The minimum absolute atomic E-state index is 0.227. The summed E-state index contributed by atoms with van der Waals surface area (Å²) in [6.07, 6.45) is 1.77. The smallest absolute Gasteiger partial charge is 0.230 e. The van der Waals surface area contributed by atoms with E-state index in [1.54, 1.807) is 13.1 Å². The number of nitrogens with two attached hydrogens (primary N) is 1. The van der Waals surface area contributed by atoms with E-state index in [9.17, 15) is 4.79 Å². The molecule has 13 heavy (non-hydrogen) atoms. The number of carbonyl (C=O) groups excluding carboxylic acids is 1. The molecule has 0 aliphatic carbocycles. The Morgan fingerprint density at radius 3 is 2.77 bits per heavy atom. The molecule has 1 aromatic rings. The normalized spacial score (nSPS) is 12.5. The van der Waals surface area contributed by atoms with Crippen molar-refractivity contribution in [3.05, 3.63) is 23.9 Å². The standard InChI is InChI=1S/C9H12N2OS/c1-6-3-4-8(11-5-6)13-7(2)9(10)12/h3-5,7H,1-2H3,(H2,10,12). The third kappa shape index (κ3) is 3.06. The lowest BCUT2D eigenvalue weighted by Gasteiger charge is -2.05. The van der Waals surface area contributed by atoms with E-state index in [1.165, 1.54) is 11.8 Å². The van der Waals surface area contributed by atoms with E-state index in [2.05, 4.69) is 4.98 Å².